The van der Waals surface area contributed by atoms with Crippen LogP contribution >= 0.6 is 0 Å². The van der Waals surface area contributed by atoms with Gasteiger partial charge in [-0.1, -0.05) is 44.9 Å². The highest BCUT2D eigenvalue weighted by Crippen LogP contribution is 2.30. The van der Waals surface area contributed by atoms with Crippen LogP contribution in [-0.4, -0.2) is 26.7 Å². The highest BCUT2D eigenvalue weighted by molar-refractivity contribution is 6.07. The molecule has 6 heteroatoms. The van der Waals surface area contributed by atoms with Gasteiger partial charge >= 0.3 is 0 Å². The van der Waals surface area contributed by atoms with Gasteiger partial charge in [0.1, 0.15) is 12.1 Å². The number of aromatic amines is 1. The van der Waals surface area contributed by atoms with Gasteiger partial charge in [-0.25, -0.2) is 5.10 Å². The number of fused-ring (bicyclic) bond motifs is 3. The first-order chi connectivity index (χ1) is 12.6. The molecule has 0 radical (unpaired) electrons. The molecule has 0 aliphatic heterocycles. The standard InChI is InChI=1S/C20H24N4O2/c1-12-6-5-8-16(13(12)2)22-18(25)11-24-17-9-4-3-7-14(17)15-10-21-23-20(26)19(15)24/h3-4,7,9-10,12-13,16H,5-6,8,11H2,1-2H3,(H,22,25)(H,23,26). The highest BCUT2D eigenvalue weighted by atomic mass is 16.2. The molecule has 2 aromatic heterocycles. The molecular formula is C20H24N4O2. The number of benzene rings is 1. The second-order valence-electron chi connectivity index (χ2n) is 7.51. The van der Waals surface area contributed by atoms with Gasteiger partial charge in [-0.05, 0) is 24.3 Å². The summed E-state index contributed by atoms with van der Waals surface area (Å²) in [5.74, 6) is 1.05. The number of carbonyl (C=O) groups is 1. The Balaban J connectivity index is 1.68. The molecule has 1 aromatic carbocycles. The van der Waals surface area contributed by atoms with E-state index < -0.39 is 0 Å². The van der Waals surface area contributed by atoms with Crippen LogP contribution in [0, 0.1) is 11.8 Å². The average Bonchev–Trinajstić information content (AvgIpc) is 2.94. The van der Waals surface area contributed by atoms with Crippen molar-refractivity contribution in [3.8, 4) is 0 Å². The number of aromatic nitrogens is 3. The van der Waals surface area contributed by atoms with E-state index in [1.165, 1.54) is 6.42 Å². The predicted molar refractivity (Wildman–Crippen MR) is 102 cm³/mol. The van der Waals surface area contributed by atoms with Crippen LogP contribution in [0.2, 0.25) is 0 Å². The Hall–Kier alpha value is -2.63. The summed E-state index contributed by atoms with van der Waals surface area (Å²) < 4.78 is 1.80. The zero-order chi connectivity index (χ0) is 18.3. The summed E-state index contributed by atoms with van der Waals surface area (Å²) >= 11 is 0. The van der Waals surface area contributed by atoms with Crippen molar-refractivity contribution in [3.63, 3.8) is 0 Å². The van der Waals surface area contributed by atoms with E-state index in [9.17, 15) is 9.59 Å². The summed E-state index contributed by atoms with van der Waals surface area (Å²) in [6.07, 6.45) is 5.05. The number of hydrogen-bond donors (Lipinski definition) is 2. The number of H-pyrrole nitrogens is 1. The van der Waals surface area contributed by atoms with Crippen molar-refractivity contribution in [2.75, 3.05) is 0 Å². The number of nitrogens with one attached hydrogen (secondary N) is 2. The summed E-state index contributed by atoms with van der Waals surface area (Å²) in [7, 11) is 0. The third kappa shape index (κ3) is 2.79. The fourth-order valence-electron chi connectivity index (χ4n) is 4.26. The number of hydrogen-bond acceptors (Lipinski definition) is 3. The molecule has 1 fully saturated rings. The summed E-state index contributed by atoms with van der Waals surface area (Å²) in [5.41, 5.74) is 1.11. The average molecular weight is 352 g/mol. The topological polar surface area (TPSA) is 79.8 Å². The Bertz CT molecular complexity index is 1020. The van der Waals surface area contributed by atoms with Crippen LogP contribution in [0.3, 0.4) is 0 Å². The van der Waals surface area contributed by atoms with E-state index in [1.807, 2.05) is 24.3 Å². The molecule has 4 rings (SSSR count). The molecule has 136 valence electrons. The Morgan fingerprint density at radius 3 is 2.92 bits per heavy atom. The number of amides is 1. The van der Waals surface area contributed by atoms with Crippen molar-refractivity contribution in [1.82, 2.24) is 20.1 Å². The van der Waals surface area contributed by atoms with Crippen LogP contribution in [0.5, 0.6) is 0 Å². The largest absolute Gasteiger partial charge is 0.352 e. The van der Waals surface area contributed by atoms with Gasteiger partial charge in [0.05, 0.1) is 6.20 Å². The molecule has 3 aromatic rings. The maximum atomic E-state index is 12.8. The van der Waals surface area contributed by atoms with Crippen molar-refractivity contribution >= 4 is 27.7 Å². The molecule has 26 heavy (non-hydrogen) atoms. The monoisotopic (exact) mass is 352 g/mol. The van der Waals surface area contributed by atoms with Crippen LogP contribution in [0.15, 0.2) is 35.3 Å². The molecule has 1 aliphatic rings. The molecule has 1 amide bonds. The van der Waals surface area contributed by atoms with E-state index in [0.717, 1.165) is 29.1 Å². The lowest BCUT2D eigenvalue weighted by Gasteiger charge is -2.34. The van der Waals surface area contributed by atoms with Gasteiger partial charge in [-0.3, -0.25) is 9.59 Å². The van der Waals surface area contributed by atoms with Crippen LogP contribution in [0.4, 0.5) is 0 Å². The second-order valence-corrected chi connectivity index (χ2v) is 7.51. The van der Waals surface area contributed by atoms with Crippen molar-refractivity contribution < 1.29 is 4.79 Å². The number of nitrogens with zero attached hydrogens (tertiary/aromatic N) is 2. The zero-order valence-electron chi connectivity index (χ0n) is 15.2. The fraction of sp³-hybridized carbons (Fsp3) is 0.450. The smallest absolute Gasteiger partial charge is 0.288 e. The van der Waals surface area contributed by atoms with E-state index in [2.05, 4.69) is 29.4 Å². The van der Waals surface area contributed by atoms with Gasteiger partial charge < -0.3 is 9.88 Å². The quantitative estimate of drug-likeness (QED) is 0.761. The lowest BCUT2D eigenvalue weighted by atomic mass is 9.78. The second kappa shape index (κ2) is 6.59. The Morgan fingerprint density at radius 1 is 1.27 bits per heavy atom. The summed E-state index contributed by atoms with van der Waals surface area (Å²) in [6, 6.07) is 7.95. The van der Waals surface area contributed by atoms with E-state index in [0.29, 0.717) is 17.4 Å². The molecule has 0 bridgehead atoms. The lowest BCUT2D eigenvalue weighted by molar-refractivity contribution is -0.123. The maximum Gasteiger partial charge on any atom is 0.288 e. The van der Waals surface area contributed by atoms with Gasteiger partial charge in [-0.2, -0.15) is 5.10 Å². The number of para-hydroxylation sites is 1. The minimum atomic E-state index is -0.272. The van der Waals surface area contributed by atoms with E-state index in [-0.39, 0.29) is 24.1 Å². The molecular weight excluding hydrogens is 328 g/mol. The van der Waals surface area contributed by atoms with Gasteiger partial charge in [0, 0.05) is 22.3 Å². The molecule has 2 heterocycles. The molecule has 6 nitrogen and oxygen atoms in total. The Morgan fingerprint density at radius 2 is 2.08 bits per heavy atom. The first-order valence-corrected chi connectivity index (χ1v) is 9.30. The molecule has 1 saturated carbocycles. The SMILES string of the molecule is CC1CCCC(NC(=O)Cn2c3ccccc3c3cn[nH]c(=O)c32)C1C. The van der Waals surface area contributed by atoms with Gasteiger partial charge in [-0.15, -0.1) is 0 Å². The minimum Gasteiger partial charge on any atom is -0.352 e. The third-order valence-electron chi connectivity index (χ3n) is 5.94. The molecule has 0 spiro atoms. The molecule has 0 saturated heterocycles. The lowest BCUT2D eigenvalue weighted by Crippen LogP contribution is -2.44. The van der Waals surface area contributed by atoms with Crippen LogP contribution < -0.4 is 10.9 Å². The summed E-state index contributed by atoms with van der Waals surface area (Å²) in [4.78, 5) is 25.1. The van der Waals surface area contributed by atoms with Gasteiger partial charge in [0.25, 0.3) is 5.56 Å². The van der Waals surface area contributed by atoms with Crippen molar-refractivity contribution in [2.24, 2.45) is 11.8 Å². The normalized spacial score (nSPS) is 23.4. The zero-order valence-corrected chi connectivity index (χ0v) is 15.2. The van der Waals surface area contributed by atoms with Gasteiger partial charge in [0.15, 0.2) is 0 Å². The van der Waals surface area contributed by atoms with E-state index >= 15 is 0 Å². The molecule has 3 atom stereocenters. The predicted octanol–water partition coefficient (Wildman–Crippen LogP) is 2.82. The van der Waals surface area contributed by atoms with Crippen LogP contribution in [0.1, 0.15) is 33.1 Å². The minimum absolute atomic E-state index is 0.0465. The van der Waals surface area contributed by atoms with Crippen molar-refractivity contribution in [1.29, 1.82) is 0 Å². The van der Waals surface area contributed by atoms with Gasteiger partial charge in [0.2, 0.25) is 5.91 Å². The van der Waals surface area contributed by atoms with E-state index in [4.69, 9.17) is 0 Å². The van der Waals surface area contributed by atoms with Crippen LogP contribution in [0.25, 0.3) is 21.8 Å². The van der Waals surface area contributed by atoms with E-state index in [1.54, 1.807) is 10.8 Å². The van der Waals surface area contributed by atoms with Crippen LogP contribution in [-0.2, 0) is 11.3 Å². The molecule has 3 unspecified atom stereocenters. The Labute approximate surface area is 151 Å². The first-order valence-electron chi connectivity index (χ1n) is 9.30. The maximum absolute atomic E-state index is 12.8. The Kier molecular flexibility index (Phi) is 4.26. The van der Waals surface area contributed by atoms with Crippen molar-refractivity contribution in [2.45, 2.75) is 45.7 Å². The highest BCUT2D eigenvalue weighted by Gasteiger charge is 2.28. The third-order valence-corrected chi connectivity index (χ3v) is 5.94. The molecule has 1 aliphatic carbocycles. The summed E-state index contributed by atoms with van der Waals surface area (Å²) in [6.45, 7) is 4.60. The summed E-state index contributed by atoms with van der Waals surface area (Å²) in [5, 5.41) is 11.3. The number of carbonyl (C=O) groups excluding carboxylic acids is 1. The first kappa shape index (κ1) is 16.8. The van der Waals surface area contributed by atoms with Crippen molar-refractivity contribution in [3.05, 3.63) is 40.8 Å². The number of rotatable bonds is 3. The fourth-order valence-corrected chi connectivity index (χ4v) is 4.26. The molecule has 2 N–H and O–H groups in total.